The summed E-state index contributed by atoms with van der Waals surface area (Å²) in [5.41, 5.74) is 2.11. The Morgan fingerprint density at radius 1 is 1.35 bits per heavy atom. The molecule has 1 aromatic carbocycles. The molecule has 0 bridgehead atoms. The van der Waals surface area contributed by atoms with E-state index < -0.39 is 4.92 Å². The molecule has 1 aromatic heterocycles. The van der Waals surface area contributed by atoms with Gasteiger partial charge in [0.05, 0.1) is 15.8 Å². The van der Waals surface area contributed by atoms with Gasteiger partial charge in [-0.25, -0.2) is 0 Å². The van der Waals surface area contributed by atoms with Gasteiger partial charge in [0, 0.05) is 24.1 Å². The summed E-state index contributed by atoms with van der Waals surface area (Å²) in [6.45, 7) is 1.89. The lowest BCUT2D eigenvalue weighted by molar-refractivity contribution is -0.384. The molecule has 6 heteroatoms. The van der Waals surface area contributed by atoms with Crippen molar-refractivity contribution in [3.8, 4) is 0 Å². The zero-order valence-corrected chi connectivity index (χ0v) is 13.9. The van der Waals surface area contributed by atoms with Crippen molar-refractivity contribution in [2.45, 2.75) is 32.2 Å². The van der Waals surface area contributed by atoms with Crippen LogP contribution in [0.2, 0.25) is 0 Å². The van der Waals surface area contributed by atoms with Crippen molar-refractivity contribution in [1.82, 2.24) is 4.90 Å². The predicted molar refractivity (Wildman–Crippen MR) is 89.9 cm³/mol. The number of carbonyl (C=O) groups is 1. The van der Waals surface area contributed by atoms with E-state index in [0.29, 0.717) is 0 Å². The smallest absolute Gasteiger partial charge is 0.269 e. The van der Waals surface area contributed by atoms with E-state index in [1.165, 1.54) is 29.0 Å². The maximum absolute atomic E-state index is 12.7. The highest BCUT2D eigenvalue weighted by Gasteiger charge is 2.24. The zero-order valence-electron chi connectivity index (χ0n) is 13.1. The minimum absolute atomic E-state index is 0.0246. The van der Waals surface area contributed by atoms with Crippen LogP contribution in [0, 0.1) is 10.1 Å². The Labute approximate surface area is 138 Å². The normalized spacial score (nSPS) is 14.3. The molecule has 1 heterocycles. The van der Waals surface area contributed by atoms with Gasteiger partial charge in [-0.15, -0.1) is 11.3 Å². The fourth-order valence-corrected chi connectivity index (χ4v) is 4.14. The van der Waals surface area contributed by atoms with E-state index >= 15 is 0 Å². The number of rotatable bonds is 4. The van der Waals surface area contributed by atoms with Crippen molar-refractivity contribution in [1.29, 1.82) is 0 Å². The van der Waals surface area contributed by atoms with Crippen LogP contribution in [0.15, 0.2) is 30.3 Å². The van der Waals surface area contributed by atoms with Crippen LogP contribution >= 0.6 is 11.3 Å². The minimum atomic E-state index is -0.415. The van der Waals surface area contributed by atoms with Gasteiger partial charge in [-0.1, -0.05) is 12.1 Å². The Balaban J connectivity index is 1.80. The molecule has 0 radical (unpaired) electrons. The average Bonchev–Trinajstić information content (AvgIpc) is 3.14. The van der Waals surface area contributed by atoms with Gasteiger partial charge in [-0.2, -0.15) is 0 Å². The number of nitro benzene ring substituents is 1. The van der Waals surface area contributed by atoms with E-state index in [9.17, 15) is 14.9 Å². The van der Waals surface area contributed by atoms with Crippen LogP contribution in [-0.4, -0.2) is 22.8 Å². The quantitative estimate of drug-likeness (QED) is 0.629. The van der Waals surface area contributed by atoms with Crippen LogP contribution in [-0.2, 0) is 12.8 Å². The van der Waals surface area contributed by atoms with E-state index in [2.05, 4.69) is 0 Å². The highest BCUT2D eigenvalue weighted by atomic mass is 32.1. The first-order valence-corrected chi connectivity index (χ1v) is 8.42. The lowest BCUT2D eigenvalue weighted by Crippen LogP contribution is -2.29. The first kappa shape index (κ1) is 15.7. The number of thiophene rings is 1. The molecule has 120 valence electrons. The molecule has 5 nitrogen and oxygen atoms in total. The van der Waals surface area contributed by atoms with E-state index in [1.807, 2.05) is 19.1 Å². The van der Waals surface area contributed by atoms with Crippen LogP contribution in [0.1, 0.15) is 45.1 Å². The Kier molecular flexibility index (Phi) is 4.17. The molecule has 1 atom stereocenters. The number of nitro groups is 1. The number of amides is 1. The Hall–Kier alpha value is -2.21. The minimum Gasteiger partial charge on any atom is -0.334 e. The summed E-state index contributed by atoms with van der Waals surface area (Å²) in [6.07, 6.45) is 3.30. The molecule has 0 aliphatic heterocycles. The van der Waals surface area contributed by atoms with Crippen molar-refractivity contribution in [2.75, 3.05) is 7.05 Å². The largest absolute Gasteiger partial charge is 0.334 e. The molecule has 0 fully saturated rings. The third-order valence-electron chi connectivity index (χ3n) is 4.42. The van der Waals surface area contributed by atoms with E-state index in [-0.39, 0.29) is 17.6 Å². The monoisotopic (exact) mass is 330 g/mol. The molecule has 1 aliphatic carbocycles. The number of aryl methyl sites for hydroxylation is 2. The number of hydrogen-bond donors (Lipinski definition) is 0. The topological polar surface area (TPSA) is 63.5 Å². The van der Waals surface area contributed by atoms with Crippen molar-refractivity contribution in [3.63, 3.8) is 0 Å². The van der Waals surface area contributed by atoms with Crippen LogP contribution in [0.25, 0.3) is 0 Å². The number of fused-ring (bicyclic) bond motifs is 1. The molecule has 1 aliphatic rings. The highest BCUT2D eigenvalue weighted by Crippen LogP contribution is 2.32. The summed E-state index contributed by atoms with van der Waals surface area (Å²) >= 11 is 1.58. The maximum atomic E-state index is 12.7. The lowest BCUT2D eigenvalue weighted by atomic mass is 10.1. The van der Waals surface area contributed by atoms with Crippen molar-refractivity contribution < 1.29 is 9.72 Å². The van der Waals surface area contributed by atoms with Gasteiger partial charge in [0.2, 0.25) is 0 Å². The number of nitrogens with zero attached hydrogens (tertiary/aromatic N) is 2. The molecular weight excluding hydrogens is 312 g/mol. The standard InChI is InChI=1S/C17H18N2O3S/c1-11(12-5-3-7-14(9-12)19(21)22)18(2)17(20)16-10-13-6-4-8-15(13)23-16/h3,5,7,9-11H,4,6,8H2,1-2H3/t11-/m1/s1. The van der Waals surface area contributed by atoms with Gasteiger partial charge >= 0.3 is 0 Å². The summed E-state index contributed by atoms with van der Waals surface area (Å²) in [7, 11) is 1.75. The lowest BCUT2D eigenvalue weighted by Gasteiger charge is -2.24. The third-order valence-corrected chi connectivity index (χ3v) is 5.65. The molecule has 0 spiro atoms. The molecule has 23 heavy (non-hydrogen) atoms. The summed E-state index contributed by atoms with van der Waals surface area (Å²) in [4.78, 5) is 26.9. The molecule has 2 aromatic rings. The van der Waals surface area contributed by atoms with Gasteiger partial charge in [0.1, 0.15) is 0 Å². The molecule has 0 saturated carbocycles. The average molecular weight is 330 g/mol. The van der Waals surface area contributed by atoms with Gasteiger partial charge in [-0.05, 0) is 43.4 Å². The number of non-ortho nitro benzene ring substituents is 1. The SMILES string of the molecule is C[C@H](c1cccc([N+](=O)[O-])c1)N(C)C(=O)c1cc2c(s1)CCC2. The van der Waals surface area contributed by atoms with E-state index in [4.69, 9.17) is 0 Å². The zero-order chi connectivity index (χ0) is 16.6. The first-order chi connectivity index (χ1) is 11.0. The fourth-order valence-electron chi connectivity index (χ4n) is 2.91. The predicted octanol–water partition coefficient (Wildman–Crippen LogP) is 3.98. The summed E-state index contributed by atoms with van der Waals surface area (Å²) < 4.78 is 0. The maximum Gasteiger partial charge on any atom is 0.269 e. The summed E-state index contributed by atoms with van der Waals surface area (Å²) in [6, 6.07) is 8.24. The number of benzene rings is 1. The van der Waals surface area contributed by atoms with E-state index in [1.54, 1.807) is 29.4 Å². The second-order valence-corrected chi connectivity index (χ2v) is 6.99. The third kappa shape index (κ3) is 2.99. The van der Waals surface area contributed by atoms with Crippen molar-refractivity contribution in [3.05, 3.63) is 61.3 Å². The van der Waals surface area contributed by atoms with Crippen LogP contribution in [0.5, 0.6) is 0 Å². The molecular formula is C17H18N2O3S. The second-order valence-electron chi connectivity index (χ2n) is 5.86. The Morgan fingerprint density at radius 2 is 2.13 bits per heavy atom. The number of carbonyl (C=O) groups excluding carboxylic acids is 1. The number of hydrogen-bond acceptors (Lipinski definition) is 4. The van der Waals surface area contributed by atoms with Gasteiger partial charge in [-0.3, -0.25) is 14.9 Å². The molecule has 1 amide bonds. The van der Waals surface area contributed by atoms with Gasteiger partial charge in [0.15, 0.2) is 0 Å². The molecule has 0 N–H and O–H groups in total. The van der Waals surface area contributed by atoms with Gasteiger partial charge < -0.3 is 4.90 Å². The summed E-state index contributed by atoms with van der Waals surface area (Å²) in [5, 5.41) is 10.9. The van der Waals surface area contributed by atoms with Crippen molar-refractivity contribution >= 4 is 22.9 Å². The van der Waals surface area contributed by atoms with Crippen LogP contribution in [0.4, 0.5) is 5.69 Å². The summed E-state index contributed by atoms with van der Waals surface area (Å²) in [5.74, 6) is -0.0246. The first-order valence-electron chi connectivity index (χ1n) is 7.60. The molecule has 3 rings (SSSR count). The second kappa shape index (κ2) is 6.12. The Morgan fingerprint density at radius 3 is 2.83 bits per heavy atom. The van der Waals surface area contributed by atoms with E-state index in [0.717, 1.165) is 23.3 Å². The fraction of sp³-hybridized carbons (Fsp3) is 0.353. The van der Waals surface area contributed by atoms with Crippen molar-refractivity contribution in [2.24, 2.45) is 0 Å². The van der Waals surface area contributed by atoms with Crippen LogP contribution in [0.3, 0.4) is 0 Å². The molecule has 0 unspecified atom stereocenters. The Bertz CT molecular complexity index is 747. The molecule has 0 saturated heterocycles. The van der Waals surface area contributed by atoms with Crippen LogP contribution < -0.4 is 0 Å². The van der Waals surface area contributed by atoms with Gasteiger partial charge in [0.25, 0.3) is 11.6 Å². The highest BCUT2D eigenvalue weighted by molar-refractivity contribution is 7.14.